The quantitative estimate of drug-likeness (QED) is 0.580. The van der Waals surface area contributed by atoms with Gasteiger partial charge in [-0.1, -0.05) is 62.2 Å². The zero-order chi connectivity index (χ0) is 19.8. The summed E-state index contributed by atoms with van der Waals surface area (Å²) >= 11 is 0. The van der Waals surface area contributed by atoms with Crippen LogP contribution in [0.5, 0.6) is 5.75 Å². The van der Waals surface area contributed by atoms with Gasteiger partial charge in [-0.15, -0.1) is 0 Å². The van der Waals surface area contributed by atoms with Crippen LogP contribution in [-0.2, 0) is 11.4 Å². The number of hydrogen-bond donors (Lipinski definition) is 1. The second-order valence-corrected chi connectivity index (χ2v) is 7.35. The molecule has 4 heteroatoms. The Balaban J connectivity index is 1.60. The second-order valence-electron chi connectivity index (χ2n) is 7.35. The molecule has 0 saturated heterocycles. The average molecular weight is 374 g/mol. The average Bonchev–Trinajstić information content (AvgIpc) is 2.73. The summed E-state index contributed by atoms with van der Waals surface area (Å²) in [5.74, 6) is 0.921. The summed E-state index contributed by atoms with van der Waals surface area (Å²) < 4.78 is 5.77. The summed E-state index contributed by atoms with van der Waals surface area (Å²) in [6, 6.07) is 19.6. The van der Waals surface area contributed by atoms with Crippen molar-refractivity contribution in [1.29, 1.82) is 5.26 Å². The highest BCUT2D eigenvalue weighted by atomic mass is 16.5. The monoisotopic (exact) mass is 374 g/mol. The summed E-state index contributed by atoms with van der Waals surface area (Å²) in [6.45, 7) is 2.66. The zero-order valence-electron chi connectivity index (χ0n) is 16.2. The number of benzene rings is 2. The van der Waals surface area contributed by atoms with Crippen molar-refractivity contribution in [2.75, 3.05) is 0 Å². The van der Waals surface area contributed by atoms with E-state index in [1.165, 1.54) is 6.42 Å². The smallest absolute Gasteiger partial charge is 0.262 e. The number of hydrogen-bond acceptors (Lipinski definition) is 3. The van der Waals surface area contributed by atoms with Crippen LogP contribution in [0, 0.1) is 17.2 Å². The van der Waals surface area contributed by atoms with Crippen molar-refractivity contribution < 1.29 is 9.53 Å². The predicted molar refractivity (Wildman–Crippen MR) is 110 cm³/mol. The Kier molecular flexibility index (Phi) is 6.86. The van der Waals surface area contributed by atoms with Crippen molar-refractivity contribution >= 4 is 12.0 Å². The van der Waals surface area contributed by atoms with E-state index in [0.29, 0.717) is 12.5 Å². The van der Waals surface area contributed by atoms with E-state index in [9.17, 15) is 10.1 Å². The summed E-state index contributed by atoms with van der Waals surface area (Å²) in [6.07, 6.45) is 6.09. The lowest BCUT2D eigenvalue weighted by Crippen LogP contribution is -2.41. The van der Waals surface area contributed by atoms with E-state index in [0.717, 1.165) is 36.1 Å². The second kappa shape index (κ2) is 9.75. The lowest BCUT2D eigenvalue weighted by Gasteiger charge is -2.29. The first-order valence-corrected chi connectivity index (χ1v) is 9.85. The SMILES string of the molecule is CC1CCCCC1NC(=O)/C(C#N)=C/c1ccc(OCc2ccccc2)cc1. The lowest BCUT2D eigenvalue weighted by molar-refractivity contribution is -0.118. The van der Waals surface area contributed by atoms with Crippen molar-refractivity contribution in [3.8, 4) is 11.8 Å². The first-order chi connectivity index (χ1) is 13.7. The van der Waals surface area contributed by atoms with Crippen LogP contribution in [0.25, 0.3) is 6.08 Å². The maximum Gasteiger partial charge on any atom is 0.262 e. The number of amides is 1. The molecule has 2 aromatic rings. The number of carbonyl (C=O) groups is 1. The molecular weight excluding hydrogens is 348 g/mol. The van der Waals surface area contributed by atoms with Crippen LogP contribution in [0.2, 0.25) is 0 Å². The lowest BCUT2D eigenvalue weighted by atomic mass is 9.86. The molecule has 4 nitrogen and oxygen atoms in total. The Bertz CT molecular complexity index is 850. The third kappa shape index (κ3) is 5.47. The van der Waals surface area contributed by atoms with Gasteiger partial charge in [0.05, 0.1) is 0 Å². The molecule has 0 heterocycles. The molecule has 144 valence electrons. The summed E-state index contributed by atoms with van der Waals surface area (Å²) in [5.41, 5.74) is 2.04. The number of ether oxygens (including phenoxy) is 1. The molecule has 1 aliphatic rings. The first kappa shape index (κ1) is 19.7. The molecular formula is C24H26N2O2. The van der Waals surface area contributed by atoms with Crippen LogP contribution in [0.4, 0.5) is 0 Å². The minimum atomic E-state index is -0.286. The molecule has 1 aliphatic carbocycles. The molecule has 3 rings (SSSR count). The molecule has 2 unspecified atom stereocenters. The number of nitrogens with one attached hydrogen (secondary N) is 1. The van der Waals surface area contributed by atoms with Gasteiger partial charge in [0.25, 0.3) is 5.91 Å². The van der Waals surface area contributed by atoms with E-state index in [1.807, 2.05) is 60.7 Å². The largest absolute Gasteiger partial charge is 0.489 e. The van der Waals surface area contributed by atoms with Crippen LogP contribution in [0.3, 0.4) is 0 Å². The Hall–Kier alpha value is -3.06. The van der Waals surface area contributed by atoms with E-state index in [1.54, 1.807) is 6.08 Å². The topological polar surface area (TPSA) is 62.1 Å². The Morgan fingerprint density at radius 1 is 1.14 bits per heavy atom. The molecule has 1 amide bonds. The van der Waals surface area contributed by atoms with E-state index in [2.05, 4.69) is 12.2 Å². The van der Waals surface area contributed by atoms with Crippen LogP contribution in [0.1, 0.15) is 43.7 Å². The van der Waals surface area contributed by atoms with E-state index in [4.69, 9.17) is 4.74 Å². The molecule has 0 radical (unpaired) electrons. The van der Waals surface area contributed by atoms with Crippen molar-refractivity contribution in [3.05, 3.63) is 71.3 Å². The molecule has 0 aliphatic heterocycles. The van der Waals surface area contributed by atoms with Gasteiger partial charge in [0.1, 0.15) is 24.0 Å². The molecule has 2 atom stereocenters. The van der Waals surface area contributed by atoms with Crippen LogP contribution >= 0.6 is 0 Å². The maximum atomic E-state index is 12.5. The summed E-state index contributed by atoms with van der Waals surface area (Å²) in [4.78, 5) is 12.5. The molecule has 0 aromatic heterocycles. The van der Waals surface area contributed by atoms with Crippen molar-refractivity contribution in [2.45, 2.75) is 45.3 Å². The molecule has 2 aromatic carbocycles. The summed E-state index contributed by atoms with van der Waals surface area (Å²) in [5, 5.41) is 12.4. The highest BCUT2D eigenvalue weighted by Crippen LogP contribution is 2.24. The minimum absolute atomic E-state index is 0.135. The standard InChI is InChI=1S/C24H26N2O2/c1-18-7-5-6-10-23(18)26-24(27)21(16-25)15-19-11-13-22(14-12-19)28-17-20-8-3-2-4-9-20/h2-4,8-9,11-15,18,23H,5-7,10,17H2,1H3,(H,26,27)/b21-15+. The van der Waals surface area contributed by atoms with Gasteiger partial charge >= 0.3 is 0 Å². The van der Waals surface area contributed by atoms with Crippen molar-refractivity contribution in [1.82, 2.24) is 5.32 Å². The minimum Gasteiger partial charge on any atom is -0.489 e. The number of nitrogens with zero attached hydrogens (tertiary/aromatic N) is 1. The van der Waals surface area contributed by atoms with Gasteiger partial charge in [-0.3, -0.25) is 4.79 Å². The fourth-order valence-electron chi connectivity index (χ4n) is 3.49. The van der Waals surface area contributed by atoms with Gasteiger partial charge < -0.3 is 10.1 Å². The zero-order valence-corrected chi connectivity index (χ0v) is 16.2. The van der Waals surface area contributed by atoms with Gasteiger partial charge in [-0.25, -0.2) is 0 Å². The van der Waals surface area contributed by atoms with Crippen LogP contribution < -0.4 is 10.1 Å². The molecule has 0 spiro atoms. The highest BCUT2D eigenvalue weighted by Gasteiger charge is 2.24. The predicted octanol–water partition coefficient (Wildman–Crippen LogP) is 4.87. The van der Waals surface area contributed by atoms with Crippen molar-refractivity contribution in [3.63, 3.8) is 0 Å². The molecule has 28 heavy (non-hydrogen) atoms. The van der Waals surface area contributed by atoms with Gasteiger partial charge in [-0.2, -0.15) is 5.26 Å². The fourth-order valence-corrected chi connectivity index (χ4v) is 3.49. The first-order valence-electron chi connectivity index (χ1n) is 9.85. The molecule has 1 saturated carbocycles. The van der Waals surface area contributed by atoms with Gasteiger partial charge in [0.15, 0.2) is 0 Å². The van der Waals surface area contributed by atoms with Crippen LogP contribution in [-0.4, -0.2) is 11.9 Å². The van der Waals surface area contributed by atoms with Gasteiger partial charge in [0, 0.05) is 6.04 Å². The van der Waals surface area contributed by atoms with Gasteiger partial charge in [0.2, 0.25) is 0 Å². The number of nitriles is 1. The van der Waals surface area contributed by atoms with Gasteiger partial charge in [-0.05, 0) is 48.1 Å². The fraction of sp³-hybridized carbons (Fsp3) is 0.333. The van der Waals surface area contributed by atoms with E-state index < -0.39 is 0 Å². The Morgan fingerprint density at radius 2 is 1.86 bits per heavy atom. The molecule has 0 bridgehead atoms. The van der Waals surface area contributed by atoms with E-state index in [-0.39, 0.29) is 17.5 Å². The normalized spacial score (nSPS) is 19.5. The van der Waals surface area contributed by atoms with E-state index >= 15 is 0 Å². The maximum absolute atomic E-state index is 12.5. The molecule has 1 N–H and O–H groups in total. The summed E-state index contributed by atoms with van der Waals surface area (Å²) in [7, 11) is 0. The highest BCUT2D eigenvalue weighted by molar-refractivity contribution is 6.01. The number of carbonyl (C=O) groups excluding carboxylic acids is 1. The Morgan fingerprint density at radius 3 is 2.54 bits per heavy atom. The third-order valence-electron chi connectivity index (χ3n) is 5.23. The molecule has 1 fully saturated rings. The van der Waals surface area contributed by atoms with Crippen LogP contribution in [0.15, 0.2) is 60.2 Å². The van der Waals surface area contributed by atoms with Crippen molar-refractivity contribution in [2.24, 2.45) is 5.92 Å². The number of rotatable bonds is 6. The third-order valence-corrected chi connectivity index (χ3v) is 5.23. The Labute approximate surface area is 166 Å².